The van der Waals surface area contributed by atoms with Gasteiger partial charge < -0.3 is 14.2 Å². The van der Waals surface area contributed by atoms with Crippen LogP contribution in [-0.4, -0.2) is 37.2 Å². The van der Waals surface area contributed by atoms with Crippen molar-refractivity contribution in [3.63, 3.8) is 0 Å². The van der Waals surface area contributed by atoms with Crippen LogP contribution in [0, 0.1) is 0 Å². The molecule has 0 aliphatic heterocycles. The number of esters is 3. The van der Waals surface area contributed by atoms with Gasteiger partial charge in [0, 0.05) is 19.3 Å². The minimum Gasteiger partial charge on any atom is -0.462 e. The molecular formula is C67H118O6. The first kappa shape index (κ1) is 69.8. The Balaban J connectivity index is 4.40. The van der Waals surface area contributed by atoms with Gasteiger partial charge >= 0.3 is 17.9 Å². The standard InChI is InChI=1S/C67H118O6/c1-4-7-10-13-16-19-22-25-28-31-33-36-38-41-44-47-50-53-56-59-65(68)71-62-64(73-67(70)61-58-55-52-49-46-43-40-35-30-27-24-21-18-15-12-9-6-3)63-72-66(69)60-57-54-51-48-45-42-39-37-34-32-29-26-23-20-17-14-11-8-5-2/h9,12,18,21,25-30,40,43,64H,4-8,10-11,13-17,19-20,22-24,31-39,41-42,44-63H2,1-3H3/b12-9-,21-18-,28-25-,29-26-,30-27-,43-40-. The zero-order valence-corrected chi connectivity index (χ0v) is 48.4. The summed E-state index contributed by atoms with van der Waals surface area (Å²) in [6.45, 7) is 6.53. The molecule has 0 aliphatic carbocycles. The van der Waals surface area contributed by atoms with Gasteiger partial charge in [0.1, 0.15) is 13.2 Å². The van der Waals surface area contributed by atoms with Gasteiger partial charge in [-0.15, -0.1) is 0 Å². The zero-order valence-electron chi connectivity index (χ0n) is 48.4. The molecule has 0 N–H and O–H groups in total. The van der Waals surface area contributed by atoms with Crippen LogP contribution in [0.25, 0.3) is 0 Å². The van der Waals surface area contributed by atoms with Crippen molar-refractivity contribution in [3.8, 4) is 0 Å². The van der Waals surface area contributed by atoms with Gasteiger partial charge in [-0.3, -0.25) is 14.4 Å². The molecule has 0 unspecified atom stereocenters. The summed E-state index contributed by atoms with van der Waals surface area (Å²) in [6, 6.07) is 0. The number of carbonyl (C=O) groups is 3. The quantitative estimate of drug-likeness (QED) is 0.0261. The average molecular weight is 1020 g/mol. The molecule has 0 fully saturated rings. The van der Waals surface area contributed by atoms with Crippen LogP contribution in [0.3, 0.4) is 0 Å². The predicted octanol–water partition coefficient (Wildman–Crippen LogP) is 21.3. The summed E-state index contributed by atoms with van der Waals surface area (Å²) in [5, 5.41) is 0. The highest BCUT2D eigenvalue weighted by Crippen LogP contribution is 2.16. The van der Waals surface area contributed by atoms with E-state index in [0.717, 1.165) is 96.3 Å². The number of rotatable bonds is 57. The Morgan fingerprint density at radius 1 is 0.288 bits per heavy atom. The fourth-order valence-corrected chi connectivity index (χ4v) is 8.95. The van der Waals surface area contributed by atoms with Gasteiger partial charge in [0.2, 0.25) is 0 Å². The van der Waals surface area contributed by atoms with E-state index >= 15 is 0 Å². The second kappa shape index (κ2) is 61.4. The Hall–Kier alpha value is -3.15. The molecule has 0 aromatic carbocycles. The first-order valence-electron chi connectivity index (χ1n) is 31.4. The second-order valence-electron chi connectivity index (χ2n) is 20.9. The van der Waals surface area contributed by atoms with E-state index in [4.69, 9.17) is 14.2 Å². The monoisotopic (exact) mass is 1020 g/mol. The van der Waals surface area contributed by atoms with Crippen molar-refractivity contribution < 1.29 is 28.6 Å². The maximum Gasteiger partial charge on any atom is 0.306 e. The normalized spacial score (nSPS) is 12.2. The van der Waals surface area contributed by atoms with E-state index in [2.05, 4.69) is 93.7 Å². The maximum atomic E-state index is 12.9. The van der Waals surface area contributed by atoms with Gasteiger partial charge in [0.05, 0.1) is 0 Å². The number of ether oxygens (including phenoxy) is 3. The number of unbranched alkanes of at least 4 members (excludes halogenated alkanes) is 34. The third-order valence-corrected chi connectivity index (χ3v) is 13.7. The Bertz CT molecular complexity index is 1290. The van der Waals surface area contributed by atoms with Crippen LogP contribution in [0.15, 0.2) is 72.9 Å². The Morgan fingerprint density at radius 2 is 0.534 bits per heavy atom. The van der Waals surface area contributed by atoms with Gasteiger partial charge in [-0.1, -0.05) is 261 Å². The molecule has 0 atom stereocenters. The largest absolute Gasteiger partial charge is 0.462 e. The van der Waals surface area contributed by atoms with Crippen molar-refractivity contribution in [2.75, 3.05) is 13.2 Å². The third-order valence-electron chi connectivity index (χ3n) is 13.7. The van der Waals surface area contributed by atoms with Gasteiger partial charge in [0.15, 0.2) is 6.10 Å². The maximum absolute atomic E-state index is 12.9. The molecule has 0 saturated carbocycles. The number of hydrogen-bond donors (Lipinski definition) is 0. The molecule has 0 aromatic rings. The van der Waals surface area contributed by atoms with Crippen LogP contribution in [0.4, 0.5) is 0 Å². The molecule has 0 heterocycles. The number of hydrogen-bond acceptors (Lipinski definition) is 6. The summed E-state index contributed by atoms with van der Waals surface area (Å²) < 4.78 is 16.9. The lowest BCUT2D eigenvalue weighted by Crippen LogP contribution is -2.30. The van der Waals surface area contributed by atoms with Crippen LogP contribution in [0.1, 0.15) is 316 Å². The summed E-state index contributed by atoms with van der Waals surface area (Å²) >= 11 is 0. The summed E-state index contributed by atoms with van der Waals surface area (Å²) in [5.41, 5.74) is 0. The number of allylic oxidation sites excluding steroid dienone is 12. The van der Waals surface area contributed by atoms with Crippen LogP contribution in [-0.2, 0) is 28.6 Å². The molecule has 0 spiro atoms. The van der Waals surface area contributed by atoms with Crippen LogP contribution in [0.2, 0.25) is 0 Å². The van der Waals surface area contributed by atoms with Gasteiger partial charge in [-0.25, -0.2) is 0 Å². The summed E-state index contributed by atoms with van der Waals surface area (Å²) in [4.78, 5) is 38.3. The van der Waals surface area contributed by atoms with E-state index < -0.39 is 6.10 Å². The molecule has 0 bridgehead atoms. The predicted molar refractivity (Wildman–Crippen MR) is 316 cm³/mol. The summed E-state index contributed by atoms with van der Waals surface area (Å²) in [7, 11) is 0. The topological polar surface area (TPSA) is 78.9 Å². The highest BCUT2D eigenvalue weighted by Gasteiger charge is 2.19. The van der Waals surface area contributed by atoms with E-state index in [1.54, 1.807) is 0 Å². The van der Waals surface area contributed by atoms with Gasteiger partial charge in [-0.2, -0.15) is 0 Å². The fraction of sp³-hybridized carbons (Fsp3) is 0.776. The molecule has 6 nitrogen and oxygen atoms in total. The van der Waals surface area contributed by atoms with Crippen molar-refractivity contribution in [1.29, 1.82) is 0 Å². The third kappa shape index (κ3) is 59.6. The van der Waals surface area contributed by atoms with E-state index in [-0.39, 0.29) is 31.1 Å². The summed E-state index contributed by atoms with van der Waals surface area (Å²) in [5.74, 6) is -0.900. The van der Waals surface area contributed by atoms with E-state index in [0.29, 0.717) is 19.3 Å². The van der Waals surface area contributed by atoms with Gasteiger partial charge in [-0.05, 0) is 109 Å². The smallest absolute Gasteiger partial charge is 0.306 e. The van der Waals surface area contributed by atoms with E-state index in [1.807, 2.05) is 0 Å². The van der Waals surface area contributed by atoms with Crippen LogP contribution in [0.5, 0.6) is 0 Å². The first-order valence-corrected chi connectivity index (χ1v) is 31.4. The summed E-state index contributed by atoms with van der Waals surface area (Å²) in [6.07, 6.45) is 79.0. The lowest BCUT2D eigenvalue weighted by atomic mass is 10.1. The molecule has 6 heteroatoms. The minimum absolute atomic E-state index is 0.0857. The molecule has 0 aromatic heterocycles. The van der Waals surface area contributed by atoms with Crippen molar-refractivity contribution in [1.82, 2.24) is 0 Å². The lowest BCUT2D eigenvalue weighted by Gasteiger charge is -2.18. The molecule has 0 amide bonds. The molecular weight excluding hydrogens is 901 g/mol. The highest BCUT2D eigenvalue weighted by molar-refractivity contribution is 5.71. The van der Waals surface area contributed by atoms with Gasteiger partial charge in [0.25, 0.3) is 0 Å². The molecule has 0 radical (unpaired) electrons. The minimum atomic E-state index is -0.791. The lowest BCUT2D eigenvalue weighted by molar-refractivity contribution is -0.167. The van der Waals surface area contributed by atoms with Crippen molar-refractivity contribution in [2.45, 2.75) is 322 Å². The molecule has 0 saturated heterocycles. The molecule has 0 rings (SSSR count). The Labute approximate surface area is 453 Å². The zero-order chi connectivity index (χ0) is 52.9. The second-order valence-corrected chi connectivity index (χ2v) is 20.9. The van der Waals surface area contributed by atoms with E-state index in [1.165, 1.54) is 180 Å². The molecule has 422 valence electrons. The fourth-order valence-electron chi connectivity index (χ4n) is 8.95. The molecule has 0 aliphatic rings. The SMILES string of the molecule is CC/C=C\C/C=C\C/C=C\C/C=C\CCCCCCC(=O)OC(COC(=O)CCCCCCCCCCC/C=C\CCCCCCCC)COC(=O)CCCCCCCCCCC/C=C\CCCCCCCC. The first-order chi connectivity index (χ1) is 36.0. The van der Waals surface area contributed by atoms with Crippen LogP contribution >= 0.6 is 0 Å². The Morgan fingerprint density at radius 3 is 0.849 bits per heavy atom. The Kier molecular flexibility index (Phi) is 58.7. The molecule has 73 heavy (non-hydrogen) atoms. The van der Waals surface area contributed by atoms with Crippen LogP contribution < -0.4 is 0 Å². The van der Waals surface area contributed by atoms with Crippen molar-refractivity contribution in [3.05, 3.63) is 72.9 Å². The van der Waals surface area contributed by atoms with Crippen molar-refractivity contribution in [2.24, 2.45) is 0 Å². The number of carbonyl (C=O) groups excluding carboxylic acids is 3. The average Bonchev–Trinajstić information content (AvgIpc) is 3.39. The highest BCUT2D eigenvalue weighted by atomic mass is 16.6. The van der Waals surface area contributed by atoms with Crippen molar-refractivity contribution >= 4 is 17.9 Å². The van der Waals surface area contributed by atoms with E-state index in [9.17, 15) is 14.4 Å².